The number of halogens is 2. The highest BCUT2D eigenvalue weighted by Gasteiger charge is 2.02. The number of ether oxygens (including phenoxy) is 1. The van der Waals surface area contributed by atoms with E-state index in [4.69, 9.17) is 10.00 Å². The summed E-state index contributed by atoms with van der Waals surface area (Å²) < 4.78 is 31.1. The quantitative estimate of drug-likeness (QED) is 0.830. The molecule has 0 aliphatic carbocycles. The number of benzene rings is 2. The van der Waals surface area contributed by atoms with Gasteiger partial charge in [0, 0.05) is 18.2 Å². The molecule has 0 saturated heterocycles. The summed E-state index contributed by atoms with van der Waals surface area (Å²) in [5, 5.41) is 8.63. The van der Waals surface area contributed by atoms with Crippen LogP contribution < -0.4 is 4.74 Å². The van der Waals surface area contributed by atoms with E-state index < -0.39 is 11.6 Å². The van der Waals surface area contributed by atoms with E-state index in [0.717, 1.165) is 23.8 Å². The first kappa shape index (κ1) is 12.1. The average molecular weight is 245 g/mol. The molecule has 0 N–H and O–H groups in total. The predicted molar refractivity (Wildman–Crippen MR) is 61.8 cm³/mol. The summed E-state index contributed by atoms with van der Waals surface area (Å²) in [6, 6.07) is 11.8. The van der Waals surface area contributed by atoms with Crippen molar-refractivity contribution in [2.45, 2.75) is 6.61 Å². The maximum Gasteiger partial charge on any atom is 0.129 e. The molecule has 0 unspecified atom stereocenters. The van der Waals surface area contributed by atoms with E-state index >= 15 is 0 Å². The van der Waals surface area contributed by atoms with Crippen LogP contribution in [-0.2, 0) is 6.61 Å². The number of nitrogens with zero attached hydrogens (tertiary/aromatic N) is 1. The molecule has 0 heterocycles. The van der Waals surface area contributed by atoms with Crippen molar-refractivity contribution < 1.29 is 13.5 Å². The van der Waals surface area contributed by atoms with Crippen molar-refractivity contribution in [3.63, 3.8) is 0 Å². The third kappa shape index (κ3) is 3.05. The molecule has 0 aromatic heterocycles. The Balaban J connectivity index is 2.04. The molecule has 2 nitrogen and oxygen atoms in total. The van der Waals surface area contributed by atoms with Gasteiger partial charge in [0.1, 0.15) is 24.0 Å². The van der Waals surface area contributed by atoms with Crippen molar-refractivity contribution >= 4 is 0 Å². The molecule has 4 heteroatoms. The highest BCUT2D eigenvalue weighted by Crippen LogP contribution is 2.17. The van der Waals surface area contributed by atoms with Crippen molar-refractivity contribution in [2.75, 3.05) is 0 Å². The zero-order valence-electron chi connectivity index (χ0n) is 9.36. The minimum Gasteiger partial charge on any atom is -0.489 e. The first-order valence-electron chi connectivity index (χ1n) is 5.25. The molecule has 90 valence electrons. The molecule has 0 fully saturated rings. The van der Waals surface area contributed by atoms with Crippen LogP contribution in [0.4, 0.5) is 8.78 Å². The van der Waals surface area contributed by atoms with Crippen molar-refractivity contribution in [3.8, 4) is 11.8 Å². The highest BCUT2D eigenvalue weighted by molar-refractivity contribution is 5.31. The van der Waals surface area contributed by atoms with Gasteiger partial charge in [-0.1, -0.05) is 12.1 Å². The normalized spacial score (nSPS) is 9.83. The van der Waals surface area contributed by atoms with Gasteiger partial charge in [-0.05, 0) is 17.7 Å². The summed E-state index contributed by atoms with van der Waals surface area (Å²) in [7, 11) is 0. The molecule has 0 spiro atoms. The summed E-state index contributed by atoms with van der Waals surface area (Å²) >= 11 is 0. The lowest BCUT2D eigenvalue weighted by atomic mass is 10.2. The largest absolute Gasteiger partial charge is 0.489 e. The van der Waals surface area contributed by atoms with Gasteiger partial charge in [0.05, 0.1) is 11.6 Å². The third-order valence-corrected chi connectivity index (χ3v) is 2.32. The van der Waals surface area contributed by atoms with Gasteiger partial charge >= 0.3 is 0 Å². The second-order valence-corrected chi connectivity index (χ2v) is 3.70. The van der Waals surface area contributed by atoms with Crippen LogP contribution in [0.2, 0.25) is 0 Å². The van der Waals surface area contributed by atoms with Gasteiger partial charge in [-0.3, -0.25) is 0 Å². The molecule has 0 bridgehead atoms. The van der Waals surface area contributed by atoms with Crippen molar-refractivity contribution in [1.29, 1.82) is 5.26 Å². The van der Waals surface area contributed by atoms with Crippen molar-refractivity contribution in [3.05, 3.63) is 65.2 Å². The van der Waals surface area contributed by atoms with Gasteiger partial charge in [0.2, 0.25) is 0 Å². The van der Waals surface area contributed by atoms with Crippen LogP contribution in [0.5, 0.6) is 5.75 Å². The lowest BCUT2D eigenvalue weighted by Crippen LogP contribution is -1.96. The summed E-state index contributed by atoms with van der Waals surface area (Å²) in [6.45, 7) is 0.189. The highest BCUT2D eigenvalue weighted by atomic mass is 19.1. The van der Waals surface area contributed by atoms with E-state index in [1.54, 1.807) is 24.3 Å². The maximum atomic E-state index is 12.9. The second-order valence-electron chi connectivity index (χ2n) is 3.70. The van der Waals surface area contributed by atoms with Gasteiger partial charge in [-0.2, -0.15) is 5.26 Å². The van der Waals surface area contributed by atoms with Gasteiger partial charge in [0.15, 0.2) is 0 Å². The maximum absolute atomic E-state index is 12.9. The van der Waals surface area contributed by atoms with Crippen LogP contribution >= 0.6 is 0 Å². The zero-order valence-corrected chi connectivity index (χ0v) is 9.36. The standard InChI is InChI=1S/C14H9F2NO/c15-12-5-13(16)7-14(6-12)18-9-11-3-1-10(8-17)2-4-11/h1-7H,9H2. The molecule has 2 aromatic rings. The number of hydrogen-bond acceptors (Lipinski definition) is 2. The van der Waals surface area contributed by atoms with E-state index in [1.807, 2.05) is 6.07 Å². The monoisotopic (exact) mass is 245 g/mol. The fourth-order valence-electron chi connectivity index (χ4n) is 1.45. The van der Waals surface area contributed by atoms with Crippen LogP contribution in [0.3, 0.4) is 0 Å². The van der Waals surface area contributed by atoms with Gasteiger partial charge in [0.25, 0.3) is 0 Å². The SMILES string of the molecule is N#Cc1ccc(COc2cc(F)cc(F)c2)cc1. The first-order valence-corrected chi connectivity index (χ1v) is 5.25. The third-order valence-electron chi connectivity index (χ3n) is 2.32. The lowest BCUT2D eigenvalue weighted by molar-refractivity contribution is 0.302. The Bertz CT molecular complexity index is 567. The molecular weight excluding hydrogens is 236 g/mol. The second kappa shape index (κ2) is 5.28. The molecule has 0 aliphatic heterocycles. The van der Waals surface area contributed by atoms with Crippen LogP contribution in [0, 0.1) is 23.0 Å². The number of rotatable bonds is 3. The van der Waals surface area contributed by atoms with Gasteiger partial charge < -0.3 is 4.74 Å². The van der Waals surface area contributed by atoms with E-state index in [9.17, 15) is 8.78 Å². The van der Waals surface area contributed by atoms with Crippen molar-refractivity contribution in [1.82, 2.24) is 0 Å². The average Bonchev–Trinajstić information content (AvgIpc) is 2.36. The van der Waals surface area contributed by atoms with E-state index in [0.29, 0.717) is 5.56 Å². The number of nitriles is 1. The minimum atomic E-state index is -0.676. The van der Waals surface area contributed by atoms with Crippen LogP contribution in [-0.4, -0.2) is 0 Å². The van der Waals surface area contributed by atoms with E-state index in [-0.39, 0.29) is 12.4 Å². The van der Waals surface area contributed by atoms with Crippen LogP contribution in [0.15, 0.2) is 42.5 Å². The molecule has 18 heavy (non-hydrogen) atoms. The summed E-state index contributed by atoms with van der Waals surface area (Å²) in [6.07, 6.45) is 0. The van der Waals surface area contributed by atoms with Crippen molar-refractivity contribution in [2.24, 2.45) is 0 Å². The topological polar surface area (TPSA) is 33.0 Å². The Morgan fingerprint density at radius 3 is 2.17 bits per heavy atom. The molecule has 0 aliphatic rings. The summed E-state index contributed by atoms with van der Waals surface area (Å²) in [4.78, 5) is 0. The zero-order chi connectivity index (χ0) is 13.0. The molecule has 0 saturated carbocycles. The Morgan fingerprint density at radius 2 is 1.61 bits per heavy atom. The summed E-state index contributed by atoms with van der Waals surface area (Å²) in [5.74, 6) is -1.22. The Hall–Kier alpha value is -2.41. The first-order chi connectivity index (χ1) is 8.67. The lowest BCUT2D eigenvalue weighted by Gasteiger charge is -2.06. The van der Waals surface area contributed by atoms with E-state index in [2.05, 4.69) is 0 Å². The van der Waals surface area contributed by atoms with E-state index in [1.165, 1.54) is 0 Å². The fraction of sp³-hybridized carbons (Fsp3) is 0.0714. The Labute approximate surface area is 103 Å². The van der Waals surface area contributed by atoms with Gasteiger partial charge in [-0.15, -0.1) is 0 Å². The molecule has 2 rings (SSSR count). The molecule has 0 amide bonds. The smallest absolute Gasteiger partial charge is 0.129 e. The molecule has 2 aromatic carbocycles. The van der Waals surface area contributed by atoms with Crippen LogP contribution in [0.1, 0.15) is 11.1 Å². The Kier molecular flexibility index (Phi) is 3.54. The predicted octanol–water partition coefficient (Wildman–Crippen LogP) is 3.42. The minimum absolute atomic E-state index is 0.136. The Morgan fingerprint density at radius 1 is 1.00 bits per heavy atom. The van der Waals surface area contributed by atoms with Crippen LogP contribution in [0.25, 0.3) is 0 Å². The molecular formula is C14H9F2NO. The van der Waals surface area contributed by atoms with Gasteiger partial charge in [-0.25, -0.2) is 8.78 Å². The molecule has 0 radical (unpaired) electrons. The summed E-state index contributed by atoms with van der Waals surface area (Å²) in [5.41, 5.74) is 1.37. The fourth-order valence-corrected chi connectivity index (χ4v) is 1.45. The molecule has 0 atom stereocenters. The number of hydrogen-bond donors (Lipinski definition) is 0.